The lowest BCUT2D eigenvalue weighted by Crippen LogP contribution is -2.38. The van der Waals surface area contributed by atoms with Crippen LogP contribution in [0.4, 0.5) is 5.00 Å². The van der Waals surface area contributed by atoms with Gasteiger partial charge in [0.15, 0.2) is 0 Å². The number of amides is 2. The van der Waals surface area contributed by atoms with Gasteiger partial charge in [0, 0.05) is 19.2 Å². The van der Waals surface area contributed by atoms with Gasteiger partial charge >= 0.3 is 0 Å². The summed E-state index contributed by atoms with van der Waals surface area (Å²) in [6.07, 6.45) is 3.39. The van der Waals surface area contributed by atoms with Crippen LogP contribution in [0.15, 0.2) is 11.4 Å². The van der Waals surface area contributed by atoms with Gasteiger partial charge in [-0.15, -0.1) is 11.3 Å². The number of nitrogens with two attached hydrogens (primary N) is 1. The first-order valence-corrected chi connectivity index (χ1v) is 8.50. The number of carbonyl (C=O) groups excluding carboxylic acids is 2. The molecule has 0 bridgehead atoms. The highest BCUT2D eigenvalue weighted by Crippen LogP contribution is 2.29. The highest BCUT2D eigenvalue weighted by atomic mass is 32.1. The second-order valence-corrected chi connectivity index (χ2v) is 6.88. The lowest BCUT2D eigenvalue weighted by Gasteiger charge is -2.24. The molecule has 7 heteroatoms. The molecule has 2 fully saturated rings. The van der Waals surface area contributed by atoms with E-state index in [9.17, 15) is 9.59 Å². The molecule has 0 radical (unpaired) electrons. The Morgan fingerprint density at radius 3 is 2.86 bits per heavy atom. The van der Waals surface area contributed by atoms with Gasteiger partial charge in [-0.25, -0.2) is 0 Å². The molecule has 3 rings (SSSR count). The highest BCUT2D eigenvalue weighted by molar-refractivity contribution is 7.14. The van der Waals surface area contributed by atoms with E-state index in [4.69, 9.17) is 10.5 Å². The Kier molecular flexibility index (Phi) is 4.75. The van der Waals surface area contributed by atoms with Crippen LogP contribution < -0.4 is 11.1 Å². The normalized spacial score (nSPS) is 21.2. The highest BCUT2D eigenvalue weighted by Gasteiger charge is 2.32. The number of nitrogens with one attached hydrogen (secondary N) is 1. The molecule has 1 saturated heterocycles. The lowest BCUT2D eigenvalue weighted by atomic mass is 10.1. The van der Waals surface area contributed by atoms with E-state index in [1.165, 1.54) is 11.3 Å². The Hall–Kier alpha value is -1.44. The predicted molar refractivity (Wildman–Crippen MR) is 85.0 cm³/mol. The maximum atomic E-state index is 12.3. The van der Waals surface area contributed by atoms with E-state index in [0.29, 0.717) is 29.1 Å². The molecule has 6 nitrogen and oxygen atoms in total. The van der Waals surface area contributed by atoms with Gasteiger partial charge < -0.3 is 15.8 Å². The monoisotopic (exact) mass is 323 g/mol. The van der Waals surface area contributed by atoms with Gasteiger partial charge in [0.25, 0.3) is 5.91 Å². The molecule has 22 heavy (non-hydrogen) atoms. The number of anilines is 1. The molecule has 1 unspecified atom stereocenters. The van der Waals surface area contributed by atoms with E-state index in [-0.39, 0.29) is 5.91 Å². The largest absolute Gasteiger partial charge is 0.381 e. The summed E-state index contributed by atoms with van der Waals surface area (Å²) in [4.78, 5) is 25.8. The first-order valence-electron chi connectivity index (χ1n) is 7.62. The van der Waals surface area contributed by atoms with Crippen molar-refractivity contribution in [3.63, 3.8) is 0 Å². The number of nitrogens with zero attached hydrogens (tertiary/aromatic N) is 1. The van der Waals surface area contributed by atoms with Crippen LogP contribution in [-0.4, -0.2) is 49.1 Å². The van der Waals surface area contributed by atoms with E-state index < -0.39 is 5.91 Å². The maximum Gasteiger partial charge on any atom is 0.251 e. The summed E-state index contributed by atoms with van der Waals surface area (Å²) >= 11 is 1.32. The van der Waals surface area contributed by atoms with Crippen LogP contribution in [0.2, 0.25) is 0 Å². The van der Waals surface area contributed by atoms with Crippen molar-refractivity contribution in [1.29, 1.82) is 0 Å². The third-order valence-corrected chi connectivity index (χ3v) is 4.94. The van der Waals surface area contributed by atoms with Crippen molar-refractivity contribution in [2.24, 2.45) is 11.7 Å². The molecule has 0 aromatic carbocycles. The number of carbonyl (C=O) groups is 2. The molecule has 1 aliphatic carbocycles. The SMILES string of the molecule is NC(=O)c1ccsc1NC(=O)CN(CC1CCOC1)C1CC1. The van der Waals surface area contributed by atoms with Crippen molar-refractivity contribution in [2.45, 2.75) is 25.3 Å². The minimum atomic E-state index is -0.515. The van der Waals surface area contributed by atoms with Crippen molar-refractivity contribution in [1.82, 2.24) is 4.90 Å². The smallest absolute Gasteiger partial charge is 0.251 e. The van der Waals surface area contributed by atoms with E-state index in [1.54, 1.807) is 11.4 Å². The fourth-order valence-corrected chi connectivity index (χ4v) is 3.60. The van der Waals surface area contributed by atoms with Crippen LogP contribution in [0, 0.1) is 5.92 Å². The zero-order valence-electron chi connectivity index (χ0n) is 12.4. The minimum Gasteiger partial charge on any atom is -0.381 e. The fraction of sp³-hybridized carbons (Fsp3) is 0.600. The summed E-state index contributed by atoms with van der Waals surface area (Å²) in [7, 11) is 0. The number of hydrogen-bond acceptors (Lipinski definition) is 5. The summed E-state index contributed by atoms with van der Waals surface area (Å²) in [5, 5.41) is 5.11. The molecule has 2 amide bonds. The van der Waals surface area contributed by atoms with Crippen molar-refractivity contribution in [3.05, 3.63) is 17.0 Å². The summed E-state index contributed by atoms with van der Waals surface area (Å²) in [5.74, 6) is -0.0780. The third kappa shape index (κ3) is 3.85. The molecule has 120 valence electrons. The van der Waals surface area contributed by atoms with E-state index >= 15 is 0 Å². The van der Waals surface area contributed by atoms with Gasteiger partial charge in [0.05, 0.1) is 18.7 Å². The molecule has 1 saturated carbocycles. The van der Waals surface area contributed by atoms with Gasteiger partial charge in [-0.3, -0.25) is 14.5 Å². The fourth-order valence-electron chi connectivity index (χ4n) is 2.79. The summed E-state index contributed by atoms with van der Waals surface area (Å²) in [6, 6.07) is 2.15. The van der Waals surface area contributed by atoms with Crippen molar-refractivity contribution < 1.29 is 14.3 Å². The quantitative estimate of drug-likeness (QED) is 0.792. The summed E-state index contributed by atoms with van der Waals surface area (Å²) in [5.41, 5.74) is 5.67. The van der Waals surface area contributed by atoms with Gasteiger partial charge in [-0.1, -0.05) is 0 Å². The number of thiophene rings is 1. The number of hydrogen-bond donors (Lipinski definition) is 2. The van der Waals surface area contributed by atoms with Gasteiger partial charge in [0.2, 0.25) is 5.91 Å². The number of rotatable bonds is 7. The molecular formula is C15H21N3O3S. The second kappa shape index (κ2) is 6.76. The van der Waals surface area contributed by atoms with Crippen LogP contribution in [0.1, 0.15) is 29.6 Å². The van der Waals surface area contributed by atoms with Crippen LogP contribution in [0.5, 0.6) is 0 Å². The molecule has 3 N–H and O–H groups in total. The first kappa shape index (κ1) is 15.5. The average molecular weight is 323 g/mol. The summed E-state index contributed by atoms with van der Waals surface area (Å²) in [6.45, 7) is 2.89. The van der Waals surface area contributed by atoms with E-state index in [1.807, 2.05) is 0 Å². The van der Waals surface area contributed by atoms with Crippen LogP contribution in [0.3, 0.4) is 0 Å². The van der Waals surface area contributed by atoms with Crippen molar-refractivity contribution in [3.8, 4) is 0 Å². The molecular weight excluding hydrogens is 302 g/mol. The summed E-state index contributed by atoms with van der Waals surface area (Å²) < 4.78 is 5.41. The molecule has 2 aliphatic rings. The lowest BCUT2D eigenvalue weighted by molar-refractivity contribution is -0.117. The van der Waals surface area contributed by atoms with Crippen LogP contribution in [-0.2, 0) is 9.53 Å². The predicted octanol–water partition coefficient (Wildman–Crippen LogP) is 1.29. The van der Waals surface area contributed by atoms with Gasteiger partial charge in [-0.05, 0) is 36.6 Å². The Balaban J connectivity index is 1.56. The Bertz CT molecular complexity index is 550. The first-order chi connectivity index (χ1) is 10.6. The molecule has 1 atom stereocenters. The standard InChI is InChI=1S/C15H21N3O3S/c16-14(20)12-4-6-22-15(12)17-13(19)8-18(11-1-2-11)7-10-3-5-21-9-10/h4,6,10-11H,1-3,5,7-9H2,(H2,16,20)(H,17,19). The Labute approximate surface area is 133 Å². The molecule has 0 spiro atoms. The number of ether oxygens (including phenoxy) is 1. The van der Waals surface area contributed by atoms with Crippen LogP contribution in [0.25, 0.3) is 0 Å². The Morgan fingerprint density at radius 1 is 1.41 bits per heavy atom. The van der Waals surface area contributed by atoms with Gasteiger partial charge in [0.1, 0.15) is 5.00 Å². The molecule has 1 aliphatic heterocycles. The minimum absolute atomic E-state index is 0.0873. The molecule has 1 aromatic heterocycles. The zero-order valence-corrected chi connectivity index (χ0v) is 13.2. The Morgan fingerprint density at radius 2 is 2.23 bits per heavy atom. The second-order valence-electron chi connectivity index (χ2n) is 5.97. The molecule has 1 aromatic rings. The average Bonchev–Trinajstić information content (AvgIpc) is 2.99. The van der Waals surface area contributed by atoms with Crippen molar-refractivity contribution >= 4 is 28.2 Å². The molecule has 2 heterocycles. The van der Waals surface area contributed by atoms with Crippen molar-refractivity contribution in [2.75, 3.05) is 31.6 Å². The third-order valence-electron chi connectivity index (χ3n) is 4.11. The van der Waals surface area contributed by atoms with Crippen LogP contribution >= 0.6 is 11.3 Å². The maximum absolute atomic E-state index is 12.3. The van der Waals surface area contributed by atoms with E-state index in [0.717, 1.165) is 39.0 Å². The zero-order chi connectivity index (χ0) is 15.5. The van der Waals surface area contributed by atoms with E-state index in [2.05, 4.69) is 10.2 Å². The topological polar surface area (TPSA) is 84.7 Å². The van der Waals surface area contributed by atoms with Gasteiger partial charge in [-0.2, -0.15) is 0 Å². The number of primary amides is 1.